The molecule has 4 rings (SSSR count). The number of allylic oxidation sites excluding steroid dienone is 4. The van der Waals surface area contributed by atoms with Gasteiger partial charge < -0.3 is 20.4 Å². The molecule has 0 aliphatic heterocycles. The van der Waals surface area contributed by atoms with E-state index in [1.54, 1.807) is 6.92 Å². The molecule has 166 valence electrons. The maximum atomic E-state index is 17.0. The molecule has 0 aromatic rings. The summed E-state index contributed by atoms with van der Waals surface area (Å²) in [4.78, 5) is 24.6. The highest BCUT2D eigenvalue weighted by molar-refractivity contribution is 5.94. The first-order chi connectivity index (χ1) is 13.8. The first kappa shape index (κ1) is 21.7. The summed E-state index contributed by atoms with van der Waals surface area (Å²) < 4.78 is 32.2. The third kappa shape index (κ3) is 2.20. The summed E-state index contributed by atoms with van der Waals surface area (Å²) >= 11 is 0. The zero-order chi connectivity index (χ0) is 22.4. The van der Waals surface area contributed by atoms with Crippen LogP contribution in [0.15, 0.2) is 23.6 Å². The van der Waals surface area contributed by atoms with Gasteiger partial charge >= 0.3 is 0 Å². The average molecular weight is 426 g/mol. The van der Waals surface area contributed by atoms with Gasteiger partial charge in [-0.2, -0.15) is 0 Å². The molecule has 0 aromatic carbocycles. The number of aliphatic hydroxyl groups excluding tert-OH is 3. The number of fused-ring (bicyclic) bond motifs is 5. The third-order valence-electron chi connectivity index (χ3n) is 8.75. The molecule has 2 saturated carbocycles. The molecule has 0 saturated heterocycles. The van der Waals surface area contributed by atoms with Crippen LogP contribution in [0.1, 0.15) is 40.0 Å². The second-order valence-corrected chi connectivity index (χ2v) is 10.0. The van der Waals surface area contributed by atoms with E-state index in [9.17, 15) is 30.0 Å². The van der Waals surface area contributed by atoms with Crippen LogP contribution in [0.5, 0.6) is 0 Å². The summed E-state index contributed by atoms with van der Waals surface area (Å²) in [5, 5.41) is 42.2. The van der Waals surface area contributed by atoms with Gasteiger partial charge in [-0.05, 0) is 37.3 Å². The van der Waals surface area contributed by atoms with Gasteiger partial charge in [-0.1, -0.05) is 20.8 Å². The number of halogens is 2. The summed E-state index contributed by atoms with van der Waals surface area (Å²) in [6, 6.07) is 0. The molecule has 0 unspecified atom stereocenters. The smallest absolute Gasteiger partial charge is 0.192 e. The van der Waals surface area contributed by atoms with Gasteiger partial charge in [0, 0.05) is 28.2 Å². The molecule has 4 aliphatic rings. The number of ketones is 2. The van der Waals surface area contributed by atoms with E-state index >= 15 is 8.78 Å². The van der Waals surface area contributed by atoms with Crippen LogP contribution in [0, 0.1) is 28.6 Å². The van der Waals surface area contributed by atoms with Crippen molar-refractivity contribution in [3.63, 3.8) is 0 Å². The van der Waals surface area contributed by atoms with E-state index in [-0.39, 0.29) is 30.6 Å². The molecule has 0 amide bonds. The lowest BCUT2D eigenvalue weighted by atomic mass is 9.44. The normalized spacial score (nSPS) is 52.7. The third-order valence-corrected chi connectivity index (χ3v) is 8.75. The van der Waals surface area contributed by atoms with Crippen molar-refractivity contribution in [2.45, 2.75) is 63.5 Å². The van der Waals surface area contributed by atoms with Crippen LogP contribution >= 0.6 is 0 Å². The van der Waals surface area contributed by atoms with Crippen molar-refractivity contribution in [2.75, 3.05) is 6.61 Å². The highest BCUT2D eigenvalue weighted by Gasteiger charge is 2.76. The summed E-state index contributed by atoms with van der Waals surface area (Å²) in [6.07, 6.45) is -1.66. The zero-order valence-corrected chi connectivity index (χ0v) is 17.2. The van der Waals surface area contributed by atoms with Crippen molar-refractivity contribution in [3.05, 3.63) is 23.6 Å². The van der Waals surface area contributed by atoms with Crippen LogP contribution in [0.3, 0.4) is 0 Å². The lowest BCUT2D eigenvalue weighted by Gasteiger charge is -2.62. The number of carbonyl (C=O) groups is 2. The topological polar surface area (TPSA) is 115 Å². The van der Waals surface area contributed by atoms with Crippen LogP contribution < -0.4 is 0 Å². The summed E-state index contributed by atoms with van der Waals surface area (Å²) in [5.41, 5.74) is -7.78. The molecule has 0 bridgehead atoms. The number of rotatable bonds is 2. The van der Waals surface area contributed by atoms with Gasteiger partial charge in [0.05, 0.1) is 12.2 Å². The van der Waals surface area contributed by atoms with Crippen molar-refractivity contribution in [1.29, 1.82) is 0 Å². The first-order valence-corrected chi connectivity index (χ1v) is 10.3. The number of carbonyl (C=O) groups excluding carboxylic acids is 2. The zero-order valence-electron chi connectivity index (χ0n) is 17.2. The van der Waals surface area contributed by atoms with Crippen molar-refractivity contribution < 1.29 is 38.8 Å². The molecular formula is C22H28F2O6. The first-order valence-electron chi connectivity index (χ1n) is 10.3. The summed E-state index contributed by atoms with van der Waals surface area (Å²) in [5.74, 6) is -4.72. The molecule has 4 N–H and O–H groups in total. The largest absolute Gasteiger partial charge is 0.390 e. The van der Waals surface area contributed by atoms with Gasteiger partial charge in [0.15, 0.2) is 22.8 Å². The van der Waals surface area contributed by atoms with Crippen molar-refractivity contribution in [2.24, 2.45) is 28.6 Å². The van der Waals surface area contributed by atoms with Gasteiger partial charge in [0.2, 0.25) is 0 Å². The molecule has 9 atom stereocenters. The standard InChI is InChI=1S/C22H28F2O6/c1-10-7-19(2)13(5-15(10)26)14(23)4-12-11-6-16(27)22(30,18(29)9-25)20(11,3)8-17(28)21(12,19)24/h4-5,10-12,16-17,25,27-28,30H,6-9H2,1-3H3/t10-,11+,12+,16-,17+,19+,20+,21+,22+/m1/s1. The quantitative estimate of drug-likeness (QED) is 0.527. The molecule has 8 heteroatoms. The molecule has 6 nitrogen and oxygen atoms in total. The van der Waals surface area contributed by atoms with Crippen LogP contribution in [0.2, 0.25) is 0 Å². The number of aliphatic hydroxyl groups is 4. The van der Waals surface area contributed by atoms with E-state index in [2.05, 4.69) is 0 Å². The predicted molar refractivity (Wildman–Crippen MR) is 101 cm³/mol. The Labute approximate surface area is 173 Å². The second kappa shape index (κ2) is 6.28. The van der Waals surface area contributed by atoms with Gasteiger partial charge in [0.25, 0.3) is 0 Å². The fourth-order valence-electron chi connectivity index (χ4n) is 7.06. The Morgan fingerprint density at radius 2 is 1.87 bits per heavy atom. The molecule has 0 radical (unpaired) electrons. The maximum Gasteiger partial charge on any atom is 0.192 e. The SMILES string of the molecule is C[C@@H]1C[C@@]2(C)C(=CC1=O)C(F)=C[C@H]1[C@@H]3C[C@@H](O)[C@](O)(C(=O)CO)[C@@]3(C)C[C@H](O)[C@@]12F. The molecular weight excluding hydrogens is 398 g/mol. The second-order valence-electron chi connectivity index (χ2n) is 10.0. The van der Waals surface area contributed by atoms with E-state index in [4.69, 9.17) is 0 Å². The summed E-state index contributed by atoms with van der Waals surface area (Å²) in [6.45, 7) is 3.58. The predicted octanol–water partition coefficient (Wildman–Crippen LogP) is 1.16. The minimum Gasteiger partial charge on any atom is -0.390 e. The van der Waals surface area contributed by atoms with E-state index in [1.165, 1.54) is 13.8 Å². The lowest BCUT2D eigenvalue weighted by molar-refractivity contribution is -0.218. The Morgan fingerprint density at radius 3 is 2.47 bits per heavy atom. The molecule has 0 spiro atoms. The van der Waals surface area contributed by atoms with E-state index in [1.807, 2.05) is 0 Å². The van der Waals surface area contributed by atoms with Gasteiger partial charge in [-0.25, -0.2) is 8.78 Å². The molecule has 30 heavy (non-hydrogen) atoms. The van der Waals surface area contributed by atoms with Crippen LogP contribution in [-0.4, -0.2) is 62.1 Å². The van der Waals surface area contributed by atoms with Crippen molar-refractivity contribution in [3.8, 4) is 0 Å². The number of hydrogen-bond acceptors (Lipinski definition) is 6. The minimum absolute atomic E-state index is 0.00874. The highest BCUT2D eigenvalue weighted by atomic mass is 19.1. The van der Waals surface area contributed by atoms with Crippen molar-refractivity contribution in [1.82, 2.24) is 0 Å². The van der Waals surface area contributed by atoms with Gasteiger partial charge in [-0.3, -0.25) is 9.59 Å². The van der Waals surface area contributed by atoms with E-state index < -0.39 is 70.3 Å². The van der Waals surface area contributed by atoms with Crippen molar-refractivity contribution >= 4 is 11.6 Å². The molecule has 0 heterocycles. The summed E-state index contributed by atoms with van der Waals surface area (Å²) in [7, 11) is 0. The molecule has 0 aromatic heterocycles. The Balaban J connectivity index is 1.92. The van der Waals surface area contributed by atoms with Crippen LogP contribution in [0.4, 0.5) is 8.78 Å². The Bertz CT molecular complexity index is 885. The molecule has 2 fully saturated rings. The average Bonchev–Trinajstić information content (AvgIpc) is 2.87. The maximum absolute atomic E-state index is 17.0. The number of hydrogen-bond donors (Lipinski definition) is 4. The number of alkyl halides is 1. The van der Waals surface area contributed by atoms with E-state index in [0.717, 1.165) is 12.2 Å². The Morgan fingerprint density at radius 1 is 1.23 bits per heavy atom. The number of Topliss-reactive ketones (excluding diaryl/α,β-unsaturated/α-hetero) is 1. The fraction of sp³-hybridized carbons (Fsp3) is 0.727. The van der Waals surface area contributed by atoms with Gasteiger partial charge in [-0.15, -0.1) is 0 Å². The van der Waals surface area contributed by atoms with Crippen LogP contribution in [0.25, 0.3) is 0 Å². The Hall–Kier alpha value is -1.48. The highest BCUT2D eigenvalue weighted by Crippen LogP contribution is 2.70. The monoisotopic (exact) mass is 426 g/mol. The fourth-order valence-corrected chi connectivity index (χ4v) is 7.06. The minimum atomic E-state index is -2.38. The van der Waals surface area contributed by atoms with Crippen LogP contribution in [-0.2, 0) is 9.59 Å². The van der Waals surface area contributed by atoms with Gasteiger partial charge in [0.1, 0.15) is 12.4 Å². The molecule has 4 aliphatic carbocycles. The lowest BCUT2D eigenvalue weighted by Crippen LogP contribution is -2.70. The Kier molecular flexibility index (Phi) is 4.55. The van der Waals surface area contributed by atoms with E-state index in [0.29, 0.717) is 0 Å².